The van der Waals surface area contributed by atoms with Crippen LogP contribution in [0, 0.1) is 5.82 Å². The number of hydrogen-bond acceptors (Lipinski definition) is 5. The first-order valence-electron chi connectivity index (χ1n) is 8.63. The molecule has 0 saturated carbocycles. The summed E-state index contributed by atoms with van der Waals surface area (Å²) in [5.41, 5.74) is 0.939. The number of carbonyl (C=O) groups is 2. The fourth-order valence-electron chi connectivity index (χ4n) is 2.39. The maximum atomic E-state index is 13.2. The van der Waals surface area contributed by atoms with E-state index < -0.39 is 5.82 Å². The van der Waals surface area contributed by atoms with E-state index in [9.17, 15) is 14.0 Å². The van der Waals surface area contributed by atoms with E-state index >= 15 is 0 Å². The summed E-state index contributed by atoms with van der Waals surface area (Å²) in [6.07, 6.45) is 0. The predicted molar refractivity (Wildman–Crippen MR) is 117 cm³/mol. The Morgan fingerprint density at radius 2 is 1.93 bits per heavy atom. The summed E-state index contributed by atoms with van der Waals surface area (Å²) < 4.78 is 15.8. The minimum atomic E-state index is -0.553. The van der Waals surface area contributed by atoms with Crippen LogP contribution in [-0.2, 0) is 18.4 Å². The van der Waals surface area contributed by atoms with Crippen LogP contribution in [0.5, 0.6) is 0 Å². The van der Waals surface area contributed by atoms with Crippen LogP contribution < -0.4 is 10.6 Å². The van der Waals surface area contributed by atoms with Crippen LogP contribution in [0.25, 0.3) is 0 Å². The third-order valence-corrected chi connectivity index (χ3v) is 5.81. The highest BCUT2D eigenvalue weighted by atomic mass is 79.9. The van der Waals surface area contributed by atoms with Crippen LogP contribution in [0.1, 0.15) is 16.2 Å². The minimum absolute atomic E-state index is 0.0661. The van der Waals surface area contributed by atoms with Crippen LogP contribution >= 0.6 is 39.3 Å². The Morgan fingerprint density at radius 3 is 2.63 bits per heavy atom. The van der Waals surface area contributed by atoms with Gasteiger partial charge in [0.25, 0.3) is 5.91 Å². The molecule has 0 aliphatic carbocycles. The van der Waals surface area contributed by atoms with Crippen molar-refractivity contribution in [3.8, 4) is 0 Å². The number of rotatable bonds is 7. The summed E-state index contributed by atoms with van der Waals surface area (Å²) in [4.78, 5) is 24.3. The maximum absolute atomic E-state index is 13.2. The van der Waals surface area contributed by atoms with E-state index in [0.29, 0.717) is 22.2 Å². The second kappa shape index (κ2) is 10.1. The number of halogens is 3. The average molecular weight is 513 g/mol. The zero-order valence-corrected chi connectivity index (χ0v) is 18.8. The molecule has 2 aromatic carbocycles. The van der Waals surface area contributed by atoms with Gasteiger partial charge in [0.15, 0.2) is 11.0 Å². The van der Waals surface area contributed by atoms with Gasteiger partial charge >= 0.3 is 0 Å². The van der Waals surface area contributed by atoms with Crippen molar-refractivity contribution in [3.05, 3.63) is 69.2 Å². The molecular weight excluding hydrogens is 497 g/mol. The Morgan fingerprint density at radius 1 is 1.20 bits per heavy atom. The van der Waals surface area contributed by atoms with Crippen molar-refractivity contribution in [2.24, 2.45) is 7.05 Å². The summed E-state index contributed by atoms with van der Waals surface area (Å²) in [7, 11) is 1.75. The molecule has 0 fully saturated rings. The predicted octanol–water partition coefficient (Wildman–Crippen LogP) is 4.03. The third-order valence-electron chi connectivity index (χ3n) is 3.97. The van der Waals surface area contributed by atoms with Crippen molar-refractivity contribution < 1.29 is 14.0 Å². The van der Waals surface area contributed by atoms with E-state index in [2.05, 4.69) is 36.8 Å². The highest BCUT2D eigenvalue weighted by Gasteiger charge is 2.13. The van der Waals surface area contributed by atoms with Gasteiger partial charge < -0.3 is 15.2 Å². The first-order valence-corrected chi connectivity index (χ1v) is 10.8. The lowest BCUT2D eigenvalue weighted by atomic mass is 10.2. The first kappa shape index (κ1) is 22.3. The zero-order valence-electron chi connectivity index (χ0n) is 15.7. The molecule has 2 N–H and O–H groups in total. The molecule has 156 valence electrons. The molecule has 1 heterocycles. The number of carbonyl (C=O) groups excluding carboxylic acids is 2. The van der Waals surface area contributed by atoms with Crippen LogP contribution in [0.3, 0.4) is 0 Å². The van der Waals surface area contributed by atoms with Gasteiger partial charge in [0.1, 0.15) is 5.82 Å². The highest BCUT2D eigenvalue weighted by molar-refractivity contribution is 9.10. The van der Waals surface area contributed by atoms with Gasteiger partial charge in [-0.3, -0.25) is 9.59 Å². The van der Waals surface area contributed by atoms with Crippen molar-refractivity contribution in [2.45, 2.75) is 11.7 Å². The van der Waals surface area contributed by atoms with Gasteiger partial charge in [0.05, 0.1) is 17.3 Å². The molecule has 2 amide bonds. The van der Waals surface area contributed by atoms with Crippen molar-refractivity contribution in [3.63, 3.8) is 0 Å². The smallest absolute Gasteiger partial charge is 0.251 e. The number of benzene rings is 2. The molecule has 3 aromatic rings. The van der Waals surface area contributed by atoms with Gasteiger partial charge in [-0.05, 0) is 42.5 Å². The number of anilines is 1. The lowest BCUT2D eigenvalue weighted by Crippen LogP contribution is -2.24. The first-order chi connectivity index (χ1) is 14.3. The molecule has 0 spiro atoms. The van der Waals surface area contributed by atoms with E-state index in [1.165, 1.54) is 30.0 Å². The van der Waals surface area contributed by atoms with Gasteiger partial charge in [-0.15, -0.1) is 10.2 Å². The van der Waals surface area contributed by atoms with Crippen molar-refractivity contribution in [2.75, 3.05) is 11.1 Å². The zero-order chi connectivity index (χ0) is 21.7. The molecule has 0 atom stereocenters. The Bertz CT molecular complexity index is 1080. The second-order valence-electron chi connectivity index (χ2n) is 6.11. The number of thioether (sulfide) groups is 1. The molecule has 7 nitrogen and oxygen atoms in total. The van der Waals surface area contributed by atoms with Crippen LogP contribution in [0.2, 0.25) is 5.02 Å². The average Bonchev–Trinajstić information content (AvgIpc) is 3.07. The van der Waals surface area contributed by atoms with Gasteiger partial charge in [0.2, 0.25) is 5.91 Å². The monoisotopic (exact) mass is 511 g/mol. The summed E-state index contributed by atoms with van der Waals surface area (Å²) in [5, 5.41) is 14.0. The Labute approximate surface area is 189 Å². The number of nitrogens with zero attached hydrogens (tertiary/aromatic N) is 3. The van der Waals surface area contributed by atoms with Gasteiger partial charge in [-0.25, -0.2) is 4.39 Å². The largest absolute Gasteiger partial charge is 0.345 e. The molecular formula is C19H16BrClFN5O2S. The van der Waals surface area contributed by atoms with E-state index in [-0.39, 0.29) is 29.1 Å². The second-order valence-corrected chi connectivity index (χ2v) is 8.38. The number of aromatic nitrogens is 3. The molecule has 0 saturated heterocycles. The Kier molecular flexibility index (Phi) is 7.46. The summed E-state index contributed by atoms with van der Waals surface area (Å²) >= 11 is 10.2. The van der Waals surface area contributed by atoms with Crippen molar-refractivity contribution in [1.82, 2.24) is 20.1 Å². The molecule has 0 bridgehead atoms. The lowest BCUT2D eigenvalue weighted by molar-refractivity contribution is -0.113. The third kappa shape index (κ3) is 5.80. The number of amides is 2. The minimum Gasteiger partial charge on any atom is -0.345 e. The van der Waals surface area contributed by atoms with Crippen LogP contribution in [-0.4, -0.2) is 32.3 Å². The van der Waals surface area contributed by atoms with Crippen LogP contribution in [0.15, 0.2) is 52.1 Å². The molecule has 0 aliphatic heterocycles. The van der Waals surface area contributed by atoms with Gasteiger partial charge in [-0.1, -0.05) is 39.3 Å². The summed E-state index contributed by atoms with van der Waals surface area (Å²) in [6.45, 7) is 0.194. The maximum Gasteiger partial charge on any atom is 0.251 e. The Balaban J connectivity index is 1.52. The Hall–Kier alpha value is -2.43. The van der Waals surface area contributed by atoms with Crippen LogP contribution in [0.4, 0.5) is 10.1 Å². The quantitative estimate of drug-likeness (QED) is 0.467. The topological polar surface area (TPSA) is 88.9 Å². The molecule has 0 radical (unpaired) electrons. The van der Waals surface area contributed by atoms with E-state index in [4.69, 9.17) is 11.6 Å². The molecule has 0 unspecified atom stereocenters. The fourth-order valence-corrected chi connectivity index (χ4v) is 3.56. The van der Waals surface area contributed by atoms with Crippen molar-refractivity contribution >= 4 is 56.8 Å². The van der Waals surface area contributed by atoms with E-state index in [0.717, 1.165) is 4.47 Å². The fraction of sp³-hybridized carbons (Fsp3) is 0.158. The van der Waals surface area contributed by atoms with Gasteiger partial charge in [-0.2, -0.15) is 0 Å². The highest BCUT2D eigenvalue weighted by Crippen LogP contribution is 2.20. The molecule has 30 heavy (non-hydrogen) atoms. The molecule has 3 rings (SSSR count). The summed E-state index contributed by atoms with van der Waals surface area (Å²) in [6, 6.07) is 11.0. The number of hydrogen-bond donors (Lipinski definition) is 2. The molecule has 11 heteroatoms. The number of nitrogens with one attached hydrogen (secondary N) is 2. The van der Waals surface area contributed by atoms with E-state index in [1.807, 2.05) is 0 Å². The lowest BCUT2D eigenvalue weighted by Gasteiger charge is -2.07. The molecule has 1 aromatic heterocycles. The van der Waals surface area contributed by atoms with Gasteiger partial charge in [0, 0.05) is 22.8 Å². The molecule has 0 aliphatic rings. The standard InChI is InChI=1S/C19H16BrClFN5O2S/c1-27-16(9-23-18(29)11-2-4-12(20)5-3-11)25-26-19(27)30-10-17(28)24-13-6-7-15(22)14(21)8-13/h2-8H,9-10H2,1H3,(H,23,29)(H,24,28). The SMILES string of the molecule is Cn1c(CNC(=O)c2ccc(Br)cc2)nnc1SCC(=O)Nc1ccc(F)c(Cl)c1. The van der Waals surface area contributed by atoms with Crippen molar-refractivity contribution in [1.29, 1.82) is 0 Å². The summed E-state index contributed by atoms with van der Waals surface area (Å²) in [5.74, 6) is -0.448. The van der Waals surface area contributed by atoms with E-state index in [1.54, 1.807) is 35.9 Å². The normalized spacial score (nSPS) is 10.7.